The summed E-state index contributed by atoms with van der Waals surface area (Å²) >= 11 is 0. The van der Waals surface area contributed by atoms with Crippen LogP contribution >= 0.6 is 0 Å². The largest absolute Gasteiger partial charge is 0.396 e. The number of nitrogens with zero attached hydrogens (tertiary/aromatic N) is 2. The molecule has 0 bridgehead atoms. The fourth-order valence-corrected chi connectivity index (χ4v) is 1.44. The van der Waals surface area contributed by atoms with Crippen molar-refractivity contribution in [3.63, 3.8) is 0 Å². The zero-order valence-electron chi connectivity index (χ0n) is 9.26. The van der Waals surface area contributed by atoms with Crippen molar-refractivity contribution in [3.8, 4) is 0 Å². The molecule has 0 saturated heterocycles. The van der Waals surface area contributed by atoms with Gasteiger partial charge in [-0.1, -0.05) is 12.1 Å². The van der Waals surface area contributed by atoms with Crippen LogP contribution in [0.3, 0.4) is 0 Å². The number of fused-ring (bicyclic) bond motifs is 1. The van der Waals surface area contributed by atoms with Crippen LogP contribution in [0.15, 0.2) is 30.5 Å². The van der Waals surface area contributed by atoms with Gasteiger partial charge >= 0.3 is 0 Å². The molecule has 0 fully saturated rings. The van der Waals surface area contributed by atoms with Gasteiger partial charge < -0.3 is 10.4 Å². The number of hydrogen-bond acceptors (Lipinski definition) is 4. The normalized spacial score (nSPS) is 10.4. The summed E-state index contributed by atoms with van der Waals surface area (Å²) in [4.78, 5) is 20.0. The molecule has 0 spiro atoms. The lowest BCUT2D eigenvalue weighted by molar-refractivity contribution is 0.0946. The van der Waals surface area contributed by atoms with Crippen LogP contribution in [-0.4, -0.2) is 34.1 Å². The average molecular weight is 231 g/mol. The van der Waals surface area contributed by atoms with Crippen LogP contribution in [0.5, 0.6) is 0 Å². The monoisotopic (exact) mass is 231 g/mol. The van der Waals surface area contributed by atoms with Gasteiger partial charge in [-0.05, 0) is 18.6 Å². The molecule has 0 atom stereocenters. The van der Waals surface area contributed by atoms with Gasteiger partial charge in [-0.2, -0.15) is 0 Å². The van der Waals surface area contributed by atoms with E-state index in [-0.39, 0.29) is 12.5 Å². The first-order valence-electron chi connectivity index (χ1n) is 5.42. The predicted molar refractivity (Wildman–Crippen MR) is 63.6 cm³/mol. The van der Waals surface area contributed by atoms with Crippen molar-refractivity contribution in [1.29, 1.82) is 0 Å². The molecule has 0 radical (unpaired) electrons. The lowest BCUT2D eigenvalue weighted by atomic mass is 10.3. The van der Waals surface area contributed by atoms with Crippen molar-refractivity contribution < 1.29 is 9.90 Å². The zero-order chi connectivity index (χ0) is 12.1. The van der Waals surface area contributed by atoms with Gasteiger partial charge in [0.1, 0.15) is 5.69 Å². The van der Waals surface area contributed by atoms with E-state index < -0.39 is 0 Å². The summed E-state index contributed by atoms with van der Waals surface area (Å²) in [5.41, 5.74) is 1.75. The number of aliphatic hydroxyl groups is 1. The molecule has 1 amide bonds. The van der Waals surface area contributed by atoms with Crippen molar-refractivity contribution in [2.75, 3.05) is 13.2 Å². The Morgan fingerprint density at radius 3 is 2.82 bits per heavy atom. The molecule has 0 aliphatic carbocycles. The Hall–Kier alpha value is -2.01. The van der Waals surface area contributed by atoms with E-state index in [0.29, 0.717) is 24.2 Å². The third kappa shape index (κ3) is 2.76. The number of hydrogen-bond donors (Lipinski definition) is 2. The van der Waals surface area contributed by atoms with Crippen LogP contribution in [0.25, 0.3) is 11.0 Å². The molecule has 1 heterocycles. The number of amides is 1. The van der Waals surface area contributed by atoms with E-state index in [4.69, 9.17) is 5.11 Å². The molecular formula is C12H13N3O2. The lowest BCUT2D eigenvalue weighted by Gasteiger charge is -2.03. The second kappa shape index (κ2) is 5.36. The van der Waals surface area contributed by atoms with E-state index in [1.54, 1.807) is 0 Å². The second-order valence-corrected chi connectivity index (χ2v) is 3.58. The molecule has 5 nitrogen and oxygen atoms in total. The third-order valence-corrected chi connectivity index (χ3v) is 2.30. The highest BCUT2D eigenvalue weighted by Crippen LogP contribution is 2.08. The van der Waals surface area contributed by atoms with Gasteiger partial charge in [0.25, 0.3) is 5.91 Å². The van der Waals surface area contributed by atoms with Gasteiger partial charge in [0.15, 0.2) is 0 Å². The smallest absolute Gasteiger partial charge is 0.271 e. The van der Waals surface area contributed by atoms with E-state index in [1.165, 1.54) is 6.20 Å². The van der Waals surface area contributed by atoms with Crippen LogP contribution in [0.2, 0.25) is 0 Å². The average Bonchev–Trinajstić information content (AvgIpc) is 2.38. The zero-order valence-corrected chi connectivity index (χ0v) is 9.26. The summed E-state index contributed by atoms with van der Waals surface area (Å²) in [6, 6.07) is 7.38. The van der Waals surface area contributed by atoms with E-state index in [9.17, 15) is 4.79 Å². The Morgan fingerprint density at radius 1 is 1.29 bits per heavy atom. The molecule has 17 heavy (non-hydrogen) atoms. The summed E-state index contributed by atoms with van der Waals surface area (Å²) in [7, 11) is 0. The lowest BCUT2D eigenvalue weighted by Crippen LogP contribution is -2.26. The van der Waals surface area contributed by atoms with Gasteiger partial charge in [0.05, 0.1) is 17.2 Å². The predicted octanol–water partition coefficient (Wildman–Crippen LogP) is 0.742. The summed E-state index contributed by atoms with van der Waals surface area (Å²) in [6.07, 6.45) is 1.99. The summed E-state index contributed by atoms with van der Waals surface area (Å²) in [5, 5.41) is 11.3. The maximum atomic E-state index is 11.7. The molecule has 0 aliphatic heterocycles. The van der Waals surface area contributed by atoms with E-state index >= 15 is 0 Å². The van der Waals surface area contributed by atoms with Crippen molar-refractivity contribution >= 4 is 16.9 Å². The molecule has 1 aromatic heterocycles. The molecule has 0 aliphatic rings. The molecule has 2 aromatic rings. The fraction of sp³-hybridized carbons (Fsp3) is 0.250. The third-order valence-electron chi connectivity index (χ3n) is 2.30. The first-order valence-corrected chi connectivity index (χ1v) is 5.42. The fourth-order valence-electron chi connectivity index (χ4n) is 1.44. The molecule has 2 N–H and O–H groups in total. The highest BCUT2D eigenvalue weighted by Gasteiger charge is 2.07. The van der Waals surface area contributed by atoms with Crippen LogP contribution in [0.4, 0.5) is 0 Å². The van der Waals surface area contributed by atoms with E-state index in [0.717, 1.165) is 5.52 Å². The topological polar surface area (TPSA) is 75.1 Å². The highest BCUT2D eigenvalue weighted by atomic mass is 16.3. The van der Waals surface area contributed by atoms with Crippen LogP contribution < -0.4 is 5.32 Å². The van der Waals surface area contributed by atoms with Crippen molar-refractivity contribution in [2.45, 2.75) is 6.42 Å². The van der Waals surface area contributed by atoms with Gasteiger partial charge in [-0.25, -0.2) is 4.98 Å². The van der Waals surface area contributed by atoms with E-state index in [1.807, 2.05) is 24.3 Å². The number of benzene rings is 1. The van der Waals surface area contributed by atoms with Gasteiger partial charge in [0.2, 0.25) is 0 Å². The molecule has 1 aromatic carbocycles. The number of para-hydroxylation sites is 2. The Bertz CT molecular complexity index is 528. The summed E-state index contributed by atoms with van der Waals surface area (Å²) < 4.78 is 0. The van der Waals surface area contributed by atoms with Crippen molar-refractivity contribution in [3.05, 3.63) is 36.2 Å². The minimum atomic E-state index is -0.267. The maximum absolute atomic E-state index is 11.7. The minimum Gasteiger partial charge on any atom is -0.396 e. The van der Waals surface area contributed by atoms with Crippen molar-refractivity contribution in [1.82, 2.24) is 15.3 Å². The van der Waals surface area contributed by atoms with Gasteiger partial charge in [-0.15, -0.1) is 0 Å². The number of aromatic nitrogens is 2. The Balaban J connectivity index is 2.15. The van der Waals surface area contributed by atoms with Crippen LogP contribution in [-0.2, 0) is 0 Å². The molecule has 2 rings (SSSR count). The molecule has 5 heteroatoms. The van der Waals surface area contributed by atoms with Crippen LogP contribution in [0, 0.1) is 0 Å². The molecule has 0 saturated carbocycles. The molecule has 88 valence electrons. The number of rotatable bonds is 4. The van der Waals surface area contributed by atoms with Crippen molar-refractivity contribution in [2.24, 2.45) is 0 Å². The SMILES string of the molecule is O=C(NCCCO)c1cnc2ccccc2n1. The minimum absolute atomic E-state index is 0.0592. The highest BCUT2D eigenvalue weighted by molar-refractivity contribution is 5.93. The Morgan fingerprint density at radius 2 is 2.06 bits per heavy atom. The summed E-state index contributed by atoms with van der Waals surface area (Å²) in [5.74, 6) is -0.267. The van der Waals surface area contributed by atoms with Gasteiger partial charge in [0, 0.05) is 13.2 Å². The Kier molecular flexibility index (Phi) is 3.62. The first-order chi connectivity index (χ1) is 8.31. The Labute approximate surface area is 98.5 Å². The van der Waals surface area contributed by atoms with Gasteiger partial charge in [-0.3, -0.25) is 9.78 Å². The molecular weight excluding hydrogens is 218 g/mol. The maximum Gasteiger partial charge on any atom is 0.271 e. The number of nitrogens with one attached hydrogen (secondary N) is 1. The van der Waals surface area contributed by atoms with Crippen LogP contribution in [0.1, 0.15) is 16.9 Å². The van der Waals surface area contributed by atoms with E-state index in [2.05, 4.69) is 15.3 Å². The number of aliphatic hydroxyl groups excluding tert-OH is 1. The standard InChI is InChI=1S/C12H13N3O2/c16-7-3-6-13-12(17)11-8-14-9-4-1-2-5-10(9)15-11/h1-2,4-5,8,16H,3,6-7H2,(H,13,17). The first kappa shape index (κ1) is 11.5. The number of carbonyl (C=O) groups is 1. The molecule has 0 unspecified atom stereocenters. The quantitative estimate of drug-likeness (QED) is 0.761. The summed E-state index contributed by atoms with van der Waals surface area (Å²) in [6.45, 7) is 0.494. The number of carbonyl (C=O) groups excluding carboxylic acids is 1. The second-order valence-electron chi connectivity index (χ2n) is 3.58.